The molecule has 2 aromatic heterocycles. The summed E-state index contributed by atoms with van der Waals surface area (Å²) in [6.45, 7) is 9.16. The molecule has 164 valence electrons. The Kier molecular flexibility index (Phi) is 6.56. The second-order valence-corrected chi connectivity index (χ2v) is 8.61. The summed E-state index contributed by atoms with van der Waals surface area (Å²) in [4.78, 5) is 15.7. The first-order chi connectivity index (χ1) is 15.0. The first-order valence-electron chi connectivity index (χ1n) is 11.4. The van der Waals surface area contributed by atoms with Crippen LogP contribution in [0.25, 0.3) is 11.5 Å². The van der Waals surface area contributed by atoms with Gasteiger partial charge in [0, 0.05) is 31.5 Å². The molecule has 1 saturated heterocycles. The standard InChI is InChI=1S/C25H33N5O/c1-19-10-12-22(13-11-19)30-25(29-16-6-7-17-29)23(21(3)27-30)24(31)26-14-8-18-28-15-5-4-9-20(28)2/h6-7,10-13,16-17,20H,4-5,8-9,14-15,18H2,1-3H3,(H,26,31). The molecule has 0 spiro atoms. The predicted molar refractivity (Wildman–Crippen MR) is 124 cm³/mol. The van der Waals surface area contributed by atoms with E-state index in [1.807, 2.05) is 52.8 Å². The zero-order chi connectivity index (χ0) is 21.8. The van der Waals surface area contributed by atoms with Crippen molar-refractivity contribution in [1.82, 2.24) is 24.6 Å². The van der Waals surface area contributed by atoms with Crippen LogP contribution < -0.4 is 5.32 Å². The van der Waals surface area contributed by atoms with Crippen molar-refractivity contribution < 1.29 is 4.79 Å². The Morgan fingerprint density at radius 1 is 1.13 bits per heavy atom. The Bertz CT molecular complexity index is 1000. The van der Waals surface area contributed by atoms with Crippen LogP contribution in [-0.2, 0) is 0 Å². The highest BCUT2D eigenvalue weighted by Crippen LogP contribution is 2.23. The highest BCUT2D eigenvalue weighted by Gasteiger charge is 2.24. The van der Waals surface area contributed by atoms with E-state index in [-0.39, 0.29) is 5.91 Å². The maximum absolute atomic E-state index is 13.2. The van der Waals surface area contributed by atoms with Gasteiger partial charge in [-0.25, -0.2) is 4.68 Å². The van der Waals surface area contributed by atoms with Crippen LogP contribution in [0.5, 0.6) is 0 Å². The molecule has 1 atom stereocenters. The maximum Gasteiger partial charge on any atom is 0.256 e. The summed E-state index contributed by atoms with van der Waals surface area (Å²) < 4.78 is 3.82. The molecule has 1 N–H and O–H groups in total. The van der Waals surface area contributed by atoms with Gasteiger partial charge in [-0.15, -0.1) is 0 Å². The van der Waals surface area contributed by atoms with Crippen molar-refractivity contribution in [2.24, 2.45) is 0 Å². The van der Waals surface area contributed by atoms with E-state index in [0.29, 0.717) is 18.2 Å². The summed E-state index contributed by atoms with van der Waals surface area (Å²) >= 11 is 0. The minimum atomic E-state index is -0.0637. The van der Waals surface area contributed by atoms with E-state index in [1.165, 1.54) is 31.4 Å². The topological polar surface area (TPSA) is 55.1 Å². The third kappa shape index (κ3) is 4.74. The maximum atomic E-state index is 13.2. The van der Waals surface area contributed by atoms with Gasteiger partial charge < -0.3 is 14.8 Å². The molecule has 1 unspecified atom stereocenters. The molecule has 31 heavy (non-hydrogen) atoms. The fraction of sp³-hybridized carbons (Fsp3) is 0.440. The molecule has 0 saturated carbocycles. The Labute approximate surface area is 184 Å². The van der Waals surface area contributed by atoms with Crippen LogP contribution in [0.15, 0.2) is 48.8 Å². The average Bonchev–Trinajstić information content (AvgIpc) is 3.40. The Balaban J connectivity index is 1.52. The second-order valence-electron chi connectivity index (χ2n) is 8.61. The van der Waals surface area contributed by atoms with Crippen molar-refractivity contribution >= 4 is 5.91 Å². The van der Waals surface area contributed by atoms with Crippen molar-refractivity contribution in [2.75, 3.05) is 19.6 Å². The molecule has 4 rings (SSSR count). The number of amides is 1. The molecule has 1 aliphatic heterocycles. The zero-order valence-corrected chi connectivity index (χ0v) is 18.8. The molecule has 1 aromatic carbocycles. The fourth-order valence-corrected chi connectivity index (χ4v) is 4.42. The normalized spacial score (nSPS) is 17.1. The number of benzene rings is 1. The number of carbonyl (C=O) groups excluding carboxylic acids is 1. The molecule has 1 amide bonds. The molecule has 0 bridgehead atoms. The van der Waals surface area contributed by atoms with E-state index in [4.69, 9.17) is 5.10 Å². The van der Waals surface area contributed by atoms with Crippen LogP contribution in [0.1, 0.15) is 54.2 Å². The number of rotatable bonds is 7. The number of likely N-dealkylation sites (tertiary alicyclic amines) is 1. The molecule has 1 aliphatic rings. The average molecular weight is 420 g/mol. The Hall–Kier alpha value is -2.86. The summed E-state index contributed by atoms with van der Waals surface area (Å²) in [6.07, 6.45) is 8.77. The molecular formula is C25H33N5O. The monoisotopic (exact) mass is 419 g/mol. The van der Waals surface area contributed by atoms with Gasteiger partial charge in [-0.2, -0.15) is 5.10 Å². The number of hydrogen-bond acceptors (Lipinski definition) is 3. The number of aryl methyl sites for hydroxylation is 2. The molecule has 0 radical (unpaired) electrons. The minimum Gasteiger partial charge on any atom is -0.352 e. The largest absolute Gasteiger partial charge is 0.352 e. The molecular weight excluding hydrogens is 386 g/mol. The lowest BCUT2D eigenvalue weighted by atomic mass is 10.0. The highest BCUT2D eigenvalue weighted by molar-refractivity contribution is 5.98. The van der Waals surface area contributed by atoms with E-state index < -0.39 is 0 Å². The van der Waals surface area contributed by atoms with Gasteiger partial charge in [0.25, 0.3) is 5.91 Å². The van der Waals surface area contributed by atoms with Gasteiger partial charge in [-0.1, -0.05) is 24.1 Å². The summed E-state index contributed by atoms with van der Waals surface area (Å²) in [5.74, 6) is 0.708. The first kappa shape index (κ1) is 21.4. The lowest BCUT2D eigenvalue weighted by molar-refractivity contribution is 0.0948. The SMILES string of the molecule is Cc1ccc(-n2nc(C)c(C(=O)NCCCN3CCCCC3C)c2-n2cccc2)cc1. The smallest absolute Gasteiger partial charge is 0.256 e. The van der Waals surface area contributed by atoms with Gasteiger partial charge in [0.1, 0.15) is 5.56 Å². The summed E-state index contributed by atoms with van der Waals surface area (Å²) in [5, 5.41) is 7.86. The number of piperidine rings is 1. The van der Waals surface area contributed by atoms with E-state index in [2.05, 4.69) is 36.2 Å². The van der Waals surface area contributed by atoms with Crippen molar-refractivity contribution in [3.8, 4) is 11.5 Å². The van der Waals surface area contributed by atoms with E-state index in [1.54, 1.807) is 0 Å². The lowest BCUT2D eigenvalue weighted by Gasteiger charge is -2.33. The number of aromatic nitrogens is 3. The number of hydrogen-bond donors (Lipinski definition) is 1. The summed E-state index contributed by atoms with van der Waals surface area (Å²) in [5.41, 5.74) is 3.49. The third-order valence-corrected chi connectivity index (χ3v) is 6.24. The molecule has 6 heteroatoms. The molecule has 1 fully saturated rings. The highest BCUT2D eigenvalue weighted by atomic mass is 16.1. The van der Waals surface area contributed by atoms with E-state index >= 15 is 0 Å². The van der Waals surface area contributed by atoms with Gasteiger partial charge in [0.05, 0.1) is 11.4 Å². The molecule has 0 aliphatic carbocycles. The van der Waals surface area contributed by atoms with Crippen molar-refractivity contribution in [1.29, 1.82) is 0 Å². The quantitative estimate of drug-likeness (QED) is 0.582. The fourth-order valence-electron chi connectivity index (χ4n) is 4.42. The number of nitrogens with one attached hydrogen (secondary N) is 1. The predicted octanol–water partition coefficient (Wildman–Crippen LogP) is 4.27. The number of carbonyl (C=O) groups is 1. The Morgan fingerprint density at radius 2 is 1.87 bits per heavy atom. The number of nitrogens with zero attached hydrogens (tertiary/aromatic N) is 4. The summed E-state index contributed by atoms with van der Waals surface area (Å²) in [6, 6.07) is 12.8. The molecule has 3 aromatic rings. The van der Waals surface area contributed by atoms with E-state index in [0.717, 1.165) is 30.2 Å². The van der Waals surface area contributed by atoms with E-state index in [9.17, 15) is 4.79 Å². The molecule has 6 nitrogen and oxygen atoms in total. The van der Waals surface area contributed by atoms with Gasteiger partial charge in [-0.05, 0) is 70.8 Å². The van der Waals surface area contributed by atoms with Gasteiger partial charge in [0.15, 0.2) is 5.82 Å². The van der Waals surface area contributed by atoms with Crippen LogP contribution in [0.3, 0.4) is 0 Å². The van der Waals surface area contributed by atoms with Crippen LogP contribution in [-0.4, -0.2) is 50.8 Å². The second kappa shape index (κ2) is 9.52. The van der Waals surface area contributed by atoms with Gasteiger partial charge >= 0.3 is 0 Å². The van der Waals surface area contributed by atoms with Gasteiger partial charge in [-0.3, -0.25) is 4.79 Å². The van der Waals surface area contributed by atoms with Crippen molar-refractivity contribution in [3.05, 3.63) is 65.6 Å². The van der Waals surface area contributed by atoms with Crippen LogP contribution in [0.2, 0.25) is 0 Å². The third-order valence-electron chi connectivity index (χ3n) is 6.24. The van der Waals surface area contributed by atoms with Crippen LogP contribution in [0, 0.1) is 13.8 Å². The van der Waals surface area contributed by atoms with Crippen molar-refractivity contribution in [3.63, 3.8) is 0 Å². The Morgan fingerprint density at radius 3 is 2.58 bits per heavy atom. The molecule has 3 heterocycles. The van der Waals surface area contributed by atoms with Gasteiger partial charge in [0.2, 0.25) is 0 Å². The lowest BCUT2D eigenvalue weighted by Crippen LogP contribution is -2.39. The van der Waals surface area contributed by atoms with Crippen LogP contribution >= 0.6 is 0 Å². The van der Waals surface area contributed by atoms with Crippen molar-refractivity contribution in [2.45, 2.75) is 52.5 Å². The summed E-state index contributed by atoms with van der Waals surface area (Å²) in [7, 11) is 0. The minimum absolute atomic E-state index is 0.0637. The zero-order valence-electron chi connectivity index (χ0n) is 18.8. The first-order valence-corrected chi connectivity index (χ1v) is 11.4. The van der Waals surface area contributed by atoms with Crippen LogP contribution in [0.4, 0.5) is 0 Å².